The van der Waals surface area contributed by atoms with Crippen LogP contribution in [0.1, 0.15) is 105 Å². The molecule has 7 rings (SSSR count). The van der Waals surface area contributed by atoms with E-state index < -0.39 is 40.7 Å². The van der Waals surface area contributed by atoms with Gasteiger partial charge in [0.1, 0.15) is 23.3 Å². The number of benzene rings is 2. The van der Waals surface area contributed by atoms with Gasteiger partial charge in [0.15, 0.2) is 34.6 Å². The second-order valence-corrected chi connectivity index (χ2v) is 17.4. The van der Waals surface area contributed by atoms with Gasteiger partial charge in [0, 0.05) is 10.8 Å². The van der Waals surface area contributed by atoms with Crippen LogP contribution in [0, 0.1) is 22.7 Å². The molecular weight excluding hydrogens is 951 g/mol. The number of nitrogen functional groups attached to an aromatic ring is 2. The summed E-state index contributed by atoms with van der Waals surface area (Å²) in [6.07, 6.45) is 2.41. The van der Waals surface area contributed by atoms with Crippen molar-refractivity contribution < 1.29 is 43.2 Å². The first-order valence-corrected chi connectivity index (χ1v) is 21.2. The molecule has 7 aromatic rings. The molecule has 73 heavy (non-hydrogen) atoms. The van der Waals surface area contributed by atoms with Gasteiger partial charge in [-0.25, -0.2) is 28.5 Å². The van der Waals surface area contributed by atoms with E-state index >= 15 is 0 Å². The first kappa shape index (κ1) is 50.6. The van der Waals surface area contributed by atoms with Crippen molar-refractivity contribution >= 4 is 58.5 Å². The zero-order valence-corrected chi connectivity index (χ0v) is 40.6. The zero-order valence-electron chi connectivity index (χ0n) is 40.6. The topological polar surface area (TPSA) is 384 Å². The molecule has 5 N–H and O–H groups in total. The number of rotatable bonds is 12. The summed E-state index contributed by atoms with van der Waals surface area (Å²) in [6.45, 7) is 10.9. The summed E-state index contributed by atoms with van der Waals surface area (Å²) >= 11 is 0. The maximum absolute atomic E-state index is 12.6. The molecule has 0 fully saturated rings. The van der Waals surface area contributed by atoms with Gasteiger partial charge in [0.2, 0.25) is 0 Å². The second-order valence-electron chi connectivity index (χ2n) is 17.4. The van der Waals surface area contributed by atoms with Crippen LogP contribution in [-0.4, -0.2) is 111 Å². The maximum Gasteiger partial charge on any atom is 0.337 e. The molecule has 0 radical (unpaired) electrons. The van der Waals surface area contributed by atoms with E-state index in [1.807, 2.05) is 53.7 Å². The molecule has 0 unspecified atom stereocenters. The first-order chi connectivity index (χ1) is 34.6. The van der Waals surface area contributed by atoms with Crippen LogP contribution in [0.2, 0.25) is 0 Å². The lowest BCUT2D eigenvalue weighted by molar-refractivity contribution is 0.0581. The number of hydrogen-bond acceptors (Lipinski definition) is 24. The van der Waals surface area contributed by atoms with Gasteiger partial charge in [-0.15, -0.1) is 20.5 Å². The van der Waals surface area contributed by atoms with Gasteiger partial charge in [0.05, 0.1) is 85.8 Å². The monoisotopic (exact) mass is 993 g/mol. The lowest BCUT2D eigenvalue weighted by Crippen LogP contribution is -2.16. The molecule has 0 saturated carbocycles. The smallest absolute Gasteiger partial charge is 0.337 e. The first-order valence-electron chi connectivity index (χ1n) is 21.2. The molecule has 0 atom stereocenters. The Balaban J connectivity index is 1.32. The molecule has 2 aromatic carbocycles. The lowest BCUT2D eigenvalue weighted by Gasteiger charge is -2.15. The molecule has 0 aliphatic carbocycles. The van der Waals surface area contributed by atoms with Gasteiger partial charge >= 0.3 is 29.9 Å². The van der Waals surface area contributed by atoms with E-state index in [0.29, 0.717) is 0 Å². The minimum Gasteiger partial charge on any atom is -0.479 e. The van der Waals surface area contributed by atoms with Gasteiger partial charge in [-0.2, -0.15) is 55.2 Å². The van der Waals surface area contributed by atoms with Crippen molar-refractivity contribution in [3.8, 4) is 41.4 Å². The summed E-state index contributed by atoms with van der Waals surface area (Å²) in [5, 5.41) is 66.6. The SMILES string of the molecule is COC(=O)c1cc(C(=O)OC)cc(-n2ncc(C#N)c2N=Nc2c(C(C)(C)C)nn(-c3nc(O)nc(-n4nc(C(C)(C)C)c(N=Nc5c(C#N)cnn5-c5cc(C(=O)OC)cc(C(=O)OC)c5)c4N)n3)c2N)c1. The fraction of sp³-hybridized carbons (Fsp3) is 0.267. The van der Waals surface area contributed by atoms with Crippen LogP contribution in [0.3, 0.4) is 0 Å². The number of ether oxygens (including phenoxy) is 4. The van der Waals surface area contributed by atoms with Crippen molar-refractivity contribution in [1.29, 1.82) is 10.5 Å². The molecule has 5 aromatic heterocycles. The average molecular weight is 994 g/mol. The predicted molar refractivity (Wildman–Crippen MR) is 252 cm³/mol. The highest BCUT2D eigenvalue weighted by Crippen LogP contribution is 2.40. The van der Waals surface area contributed by atoms with E-state index in [4.69, 9.17) is 30.4 Å². The van der Waals surface area contributed by atoms with Gasteiger partial charge in [-0.3, -0.25) is 0 Å². The molecule has 372 valence electrons. The Labute approximate surface area is 413 Å². The van der Waals surface area contributed by atoms with E-state index in [9.17, 15) is 34.8 Å². The van der Waals surface area contributed by atoms with Gasteiger partial charge < -0.3 is 35.5 Å². The van der Waals surface area contributed by atoms with Gasteiger partial charge in [-0.1, -0.05) is 41.5 Å². The summed E-state index contributed by atoms with van der Waals surface area (Å²) in [7, 11) is 4.68. The Morgan fingerprint density at radius 3 is 1.16 bits per heavy atom. The molecule has 28 heteroatoms. The minimum atomic E-state index is -0.808. The van der Waals surface area contributed by atoms with Gasteiger partial charge in [-0.05, 0) is 36.4 Å². The number of azo groups is 2. The number of carbonyl (C=O) groups is 4. The van der Waals surface area contributed by atoms with E-state index in [2.05, 4.69) is 55.8 Å². The Morgan fingerprint density at radius 1 is 0.548 bits per heavy atom. The highest BCUT2D eigenvalue weighted by molar-refractivity contribution is 5.97. The third-order valence-corrected chi connectivity index (χ3v) is 10.4. The van der Waals surface area contributed by atoms with Crippen LogP contribution in [0.5, 0.6) is 6.01 Å². The van der Waals surface area contributed by atoms with Crippen LogP contribution in [0.15, 0.2) is 69.2 Å². The van der Waals surface area contributed by atoms with E-state index in [0.717, 1.165) is 9.36 Å². The number of aromatic nitrogens is 11. The molecule has 0 bridgehead atoms. The van der Waals surface area contributed by atoms with Crippen LogP contribution < -0.4 is 11.5 Å². The Bertz CT molecular complexity index is 3240. The minimum absolute atomic E-state index is 0.00463. The Morgan fingerprint density at radius 2 is 0.877 bits per heavy atom. The summed E-state index contributed by atoms with van der Waals surface area (Å²) in [6, 6.07) is 11.2. The maximum atomic E-state index is 12.6. The van der Waals surface area contributed by atoms with Crippen molar-refractivity contribution in [2.24, 2.45) is 20.5 Å². The fourth-order valence-electron chi connectivity index (χ4n) is 6.91. The molecule has 0 amide bonds. The van der Waals surface area contributed by atoms with Gasteiger partial charge in [0.25, 0.3) is 11.9 Å². The Kier molecular flexibility index (Phi) is 13.6. The molecular formula is C45H43N19O9. The van der Waals surface area contributed by atoms with Crippen molar-refractivity contribution in [1.82, 2.24) is 54.1 Å². The standard InChI is InChI=1S/C45H43N19O9/c1-44(2,3)31-29(55-57-35-25(17-46)19-50-61(35)27-13-21(37(65)70-7)11-22(14-27)38(66)71-8)33(48)63(59-31)41-52-42(54-43(69)53-41)64-34(49)30(32(60-64)45(4,5)6)56-58-36-26(18-47)20-51-62(36)28-15-23(39(67)72-9)12-24(16-28)40(68)73-10/h11-16,19-20H,48-49H2,1-10H3,(H,52,53,54,69). The normalized spacial score (nSPS) is 11.7. The van der Waals surface area contributed by atoms with Crippen molar-refractivity contribution in [2.75, 3.05) is 39.9 Å². The number of nitrogens with two attached hydrogens (primary N) is 2. The van der Waals surface area contributed by atoms with Crippen LogP contribution in [0.25, 0.3) is 23.3 Å². The summed E-state index contributed by atoms with van der Waals surface area (Å²) < 4.78 is 24.0. The van der Waals surface area contributed by atoms with E-state index in [-0.39, 0.29) is 103 Å². The number of aromatic hydroxyl groups is 1. The summed E-state index contributed by atoms with van der Waals surface area (Å²) in [4.78, 5) is 63.1. The number of anilines is 2. The van der Waals surface area contributed by atoms with Crippen molar-refractivity contribution in [3.63, 3.8) is 0 Å². The predicted octanol–water partition coefficient (Wildman–Crippen LogP) is 5.80. The largest absolute Gasteiger partial charge is 0.479 e. The third kappa shape index (κ3) is 9.83. The molecule has 5 heterocycles. The molecule has 0 saturated heterocycles. The number of methoxy groups -OCH3 is 4. The van der Waals surface area contributed by atoms with E-state index in [1.165, 1.54) is 86.6 Å². The van der Waals surface area contributed by atoms with Crippen LogP contribution in [0.4, 0.5) is 34.6 Å². The number of esters is 4. The number of hydrogen-bond donors (Lipinski definition) is 3. The molecule has 28 nitrogen and oxygen atoms in total. The highest BCUT2D eigenvalue weighted by atomic mass is 16.5. The lowest BCUT2D eigenvalue weighted by atomic mass is 9.91. The highest BCUT2D eigenvalue weighted by Gasteiger charge is 2.31. The summed E-state index contributed by atoms with van der Waals surface area (Å²) in [5.41, 5.74) is 12.4. The number of nitrogens with zero attached hydrogens (tertiary/aromatic N) is 17. The zero-order chi connectivity index (χ0) is 53.3. The Hall–Kier alpha value is -10.3. The number of nitriles is 2. The third-order valence-electron chi connectivity index (χ3n) is 10.4. The van der Waals surface area contributed by atoms with Crippen LogP contribution >= 0.6 is 0 Å². The summed E-state index contributed by atoms with van der Waals surface area (Å²) in [5.74, 6) is -4.35. The molecule has 0 spiro atoms. The number of carbonyl (C=O) groups excluding carboxylic acids is 4. The van der Waals surface area contributed by atoms with Crippen molar-refractivity contribution in [3.05, 3.63) is 93.6 Å². The van der Waals surface area contributed by atoms with E-state index in [1.54, 1.807) is 0 Å². The van der Waals surface area contributed by atoms with Crippen LogP contribution in [-0.2, 0) is 29.8 Å². The molecule has 0 aliphatic rings. The quantitative estimate of drug-likeness (QED) is 0.0739. The second kappa shape index (κ2) is 19.6. The molecule has 0 aliphatic heterocycles. The average Bonchev–Trinajstić information content (AvgIpc) is 4.15. The fourth-order valence-corrected chi connectivity index (χ4v) is 6.91. The van der Waals surface area contributed by atoms with Crippen molar-refractivity contribution in [2.45, 2.75) is 52.4 Å².